The van der Waals surface area contributed by atoms with Crippen molar-refractivity contribution in [2.45, 2.75) is 13.0 Å². The molecule has 0 aliphatic heterocycles. The number of sulfonamides is 1. The lowest BCUT2D eigenvalue weighted by atomic mass is 10.1. The molecule has 0 spiro atoms. The maximum Gasteiger partial charge on any atom is 0.235 e. The molecule has 0 aliphatic carbocycles. The lowest BCUT2D eigenvalue weighted by Crippen LogP contribution is -2.33. The zero-order valence-electron chi connectivity index (χ0n) is 14.8. The molecule has 1 aromatic heterocycles. The fourth-order valence-electron chi connectivity index (χ4n) is 2.68. The summed E-state index contributed by atoms with van der Waals surface area (Å²) in [5, 5.41) is 9.72. The molecule has 2 aromatic carbocycles. The third-order valence-electron chi connectivity index (χ3n) is 4.11. The fourth-order valence-corrected chi connectivity index (χ4v) is 4.56. The summed E-state index contributed by atoms with van der Waals surface area (Å²) in [4.78, 5) is 3.88. The van der Waals surface area contributed by atoms with Crippen molar-refractivity contribution in [2.75, 3.05) is 16.7 Å². The molecule has 0 unspecified atom stereocenters. The van der Waals surface area contributed by atoms with E-state index in [1.54, 1.807) is 48.7 Å². The van der Waals surface area contributed by atoms with Gasteiger partial charge in [-0.3, -0.25) is 4.31 Å². The van der Waals surface area contributed by atoms with E-state index in [4.69, 9.17) is 32.7 Å². The Morgan fingerprint density at radius 1 is 1.11 bits per heavy atom. The molecule has 1 heterocycles. The van der Waals surface area contributed by atoms with E-state index in [9.17, 15) is 8.42 Å². The van der Waals surface area contributed by atoms with Crippen LogP contribution in [0.5, 0.6) is 0 Å². The Kier molecular flexibility index (Phi) is 6.61. The topological polar surface area (TPSA) is 83.6 Å². The van der Waals surface area contributed by atoms with Crippen molar-refractivity contribution in [2.24, 2.45) is 0 Å². The fraction of sp³-hybridized carbons (Fsp3) is 0.211. The quantitative estimate of drug-likeness (QED) is 0.562. The third kappa shape index (κ3) is 4.67. The van der Waals surface area contributed by atoms with E-state index >= 15 is 0 Å². The van der Waals surface area contributed by atoms with Crippen LogP contribution in [0.3, 0.4) is 0 Å². The molecular formula is C19H18Cl2N2O4S. The molecule has 3 aromatic rings. The highest BCUT2D eigenvalue weighted by Gasteiger charge is 2.24. The molecule has 6 nitrogen and oxygen atoms in total. The Labute approximate surface area is 173 Å². The maximum atomic E-state index is 12.9. The van der Waals surface area contributed by atoms with Gasteiger partial charge in [0.15, 0.2) is 12.2 Å². The van der Waals surface area contributed by atoms with Crippen LogP contribution in [0.2, 0.25) is 10.0 Å². The van der Waals surface area contributed by atoms with Crippen LogP contribution in [0.15, 0.2) is 59.5 Å². The summed E-state index contributed by atoms with van der Waals surface area (Å²) in [5.41, 5.74) is 1.83. The molecule has 9 heteroatoms. The lowest BCUT2D eigenvalue weighted by molar-refractivity contribution is 0.295. The maximum absolute atomic E-state index is 12.9. The largest absolute Gasteiger partial charge is 0.444 e. The lowest BCUT2D eigenvalue weighted by Gasteiger charge is -2.25. The molecule has 3 rings (SSSR count). The van der Waals surface area contributed by atoms with Crippen LogP contribution in [0.1, 0.15) is 12.0 Å². The number of hydrogen-bond donors (Lipinski definition) is 1. The minimum Gasteiger partial charge on any atom is -0.444 e. The molecule has 1 N–H and O–H groups in total. The summed E-state index contributed by atoms with van der Waals surface area (Å²) in [5.74, 6) is 0.394. The first-order chi connectivity index (χ1) is 13.4. The van der Waals surface area contributed by atoms with Gasteiger partial charge in [0.2, 0.25) is 10.0 Å². The summed E-state index contributed by atoms with van der Waals surface area (Å²) < 4.78 is 32.4. The second kappa shape index (κ2) is 8.96. The van der Waals surface area contributed by atoms with Gasteiger partial charge in [-0.25, -0.2) is 13.4 Å². The van der Waals surface area contributed by atoms with Crippen molar-refractivity contribution in [1.29, 1.82) is 0 Å². The van der Waals surface area contributed by atoms with E-state index in [0.29, 0.717) is 27.1 Å². The summed E-state index contributed by atoms with van der Waals surface area (Å²) in [6, 6.07) is 12.0. The number of hydrogen-bond acceptors (Lipinski definition) is 5. The Hall–Kier alpha value is -2.06. The minimum absolute atomic E-state index is 0.0226. The first-order valence-corrected chi connectivity index (χ1v) is 10.8. The average molecular weight is 441 g/mol. The molecule has 0 aliphatic rings. The monoisotopic (exact) mass is 440 g/mol. The summed E-state index contributed by atoms with van der Waals surface area (Å²) >= 11 is 12.3. The van der Waals surface area contributed by atoms with Gasteiger partial charge < -0.3 is 9.52 Å². The van der Waals surface area contributed by atoms with Crippen molar-refractivity contribution < 1.29 is 17.9 Å². The van der Waals surface area contributed by atoms with E-state index in [-0.39, 0.29) is 25.3 Å². The zero-order chi connectivity index (χ0) is 20.1. The normalized spacial score (nSPS) is 11.5. The van der Waals surface area contributed by atoms with Gasteiger partial charge in [-0.2, -0.15) is 0 Å². The number of nitrogens with zero attached hydrogens (tertiary/aromatic N) is 2. The van der Waals surface area contributed by atoms with Gasteiger partial charge in [-0.1, -0.05) is 35.3 Å². The molecule has 0 amide bonds. The molecule has 0 bridgehead atoms. The molecule has 148 valence electrons. The zero-order valence-corrected chi connectivity index (χ0v) is 17.1. The molecule has 0 fully saturated rings. The van der Waals surface area contributed by atoms with Gasteiger partial charge in [-0.15, -0.1) is 0 Å². The van der Waals surface area contributed by atoms with Crippen LogP contribution in [-0.4, -0.2) is 30.9 Å². The van der Waals surface area contributed by atoms with Crippen molar-refractivity contribution in [3.63, 3.8) is 0 Å². The number of aliphatic hydroxyl groups excluding tert-OH is 1. The van der Waals surface area contributed by atoms with Crippen LogP contribution >= 0.6 is 23.2 Å². The van der Waals surface area contributed by atoms with Crippen LogP contribution < -0.4 is 4.31 Å². The molecule has 0 saturated carbocycles. The Morgan fingerprint density at radius 2 is 1.86 bits per heavy atom. The molecule has 0 atom stereocenters. The first-order valence-electron chi connectivity index (χ1n) is 8.45. The van der Waals surface area contributed by atoms with Crippen molar-refractivity contribution in [3.8, 4) is 11.3 Å². The van der Waals surface area contributed by atoms with Crippen LogP contribution in [0.4, 0.5) is 5.69 Å². The highest BCUT2D eigenvalue weighted by molar-refractivity contribution is 7.92. The number of anilines is 1. The van der Waals surface area contributed by atoms with E-state index in [0.717, 1.165) is 5.56 Å². The SMILES string of the molecule is O=S(=O)(CCCO)N(Cc1cccc(Cl)c1Cl)c1ccc(-c2cnco2)cc1. The Bertz CT molecular complexity index is 1020. The van der Waals surface area contributed by atoms with E-state index < -0.39 is 10.0 Å². The predicted molar refractivity (Wildman–Crippen MR) is 110 cm³/mol. The van der Waals surface area contributed by atoms with Gasteiger partial charge in [0.05, 0.1) is 34.2 Å². The average Bonchev–Trinajstić information content (AvgIpc) is 3.22. The van der Waals surface area contributed by atoms with Crippen LogP contribution in [-0.2, 0) is 16.6 Å². The van der Waals surface area contributed by atoms with Crippen molar-refractivity contribution in [1.82, 2.24) is 4.98 Å². The van der Waals surface area contributed by atoms with Crippen LogP contribution in [0, 0.1) is 0 Å². The Morgan fingerprint density at radius 3 is 2.50 bits per heavy atom. The standard InChI is InChI=1S/C19H18Cl2N2O4S/c20-17-4-1-3-15(19(17)21)12-23(28(25,26)10-2-9-24)16-7-5-14(6-8-16)18-11-22-13-27-18/h1,3-8,11,13,24H,2,9-10,12H2. The summed E-state index contributed by atoms with van der Waals surface area (Å²) in [7, 11) is -3.70. The number of benzene rings is 2. The number of rotatable bonds is 8. The van der Waals surface area contributed by atoms with E-state index in [1.165, 1.54) is 10.7 Å². The van der Waals surface area contributed by atoms with Gasteiger partial charge in [0.1, 0.15) is 0 Å². The molecule has 0 saturated heterocycles. The molecule has 0 radical (unpaired) electrons. The predicted octanol–water partition coefficient (Wildman–Crippen LogP) is 4.37. The van der Waals surface area contributed by atoms with Gasteiger partial charge in [0, 0.05) is 12.2 Å². The Balaban J connectivity index is 1.97. The second-order valence-corrected chi connectivity index (χ2v) is 8.82. The second-order valence-electron chi connectivity index (χ2n) is 6.03. The van der Waals surface area contributed by atoms with Gasteiger partial charge in [-0.05, 0) is 42.3 Å². The highest BCUT2D eigenvalue weighted by atomic mass is 35.5. The third-order valence-corrected chi connectivity index (χ3v) is 6.79. The van der Waals surface area contributed by atoms with Crippen molar-refractivity contribution >= 4 is 38.9 Å². The minimum atomic E-state index is -3.70. The van der Waals surface area contributed by atoms with Gasteiger partial charge >= 0.3 is 0 Å². The molecular weight excluding hydrogens is 423 g/mol. The summed E-state index contributed by atoms with van der Waals surface area (Å²) in [6.07, 6.45) is 3.05. The van der Waals surface area contributed by atoms with E-state index in [2.05, 4.69) is 4.98 Å². The highest BCUT2D eigenvalue weighted by Crippen LogP contribution is 2.30. The summed E-state index contributed by atoms with van der Waals surface area (Å²) in [6.45, 7) is -0.190. The van der Waals surface area contributed by atoms with Gasteiger partial charge in [0.25, 0.3) is 0 Å². The smallest absolute Gasteiger partial charge is 0.235 e. The number of halogens is 2. The van der Waals surface area contributed by atoms with Crippen LogP contribution in [0.25, 0.3) is 11.3 Å². The number of aromatic nitrogens is 1. The first kappa shape index (κ1) is 20.7. The van der Waals surface area contributed by atoms with Crippen molar-refractivity contribution in [3.05, 3.63) is 70.7 Å². The number of aliphatic hydroxyl groups is 1. The van der Waals surface area contributed by atoms with E-state index in [1.807, 2.05) is 0 Å². The number of oxazole rings is 1. The molecule has 28 heavy (non-hydrogen) atoms.